The number of amides is 2. The van der Waals surface area contributed by atoms with Gasteiger partial charge >= 0.3 is 0 Å². The van der Waals surface area contributed by atoms with Gasteiger partial charge in [0, 0.05) is 17.3 Å². The highest BCUT2D eigenvalue weighted by atomic mass is 32.2. The van der Waals surface area contributed by atoms with Gasteiger partial charge in [-0.15, -0.1) is 0 Å². The van der Waals surface area contributed by atoms with Gasteiger partial charge in [-0.05, 0) is 36.6 Å². The number of hydrogen-bond acceptors (Lipinski definition) is 4. The lowest BCUT2D eigenvalue weighted by molar-refractivity contribution is -0.113. The molecule has 0 unspecified atom stereocenters. The second kappa shape index (κ2) is 8.31. The highest BCUT2D eigenvalue weighted by Gasteiger charge is 2.23. The van der Waals surface area contributed by atoms with Crippen LogP contribution < -0.4 is 10.6 Å². The quantitative estimate of drug-likeness (QED) is 0.535. The number of hydrogen-bond donors (Lipinski definition) is 3. The van der Waals surface area contributed by atoms with Gasteiger partial charge in [-0.2, -0.15) is 0 Å². The average molecular weight is 392 g/mol. The fourth-order valence-corrected chi connectivity index (χ4v) is 3.36. The van der Waals surface area contributed by atoms with Crippen molar-refractivity contribution in [2.24, 2.45) is 0 Å². The van der Waals surface area contributed by atoms with Crippen molar-refractivity contribution in [3.8, 4) is 11.3 Å². The lowest BCUT2D eigenvalue weighted by Crippen LogP contribution is -2.25. The second-order valence-electron chi connectivity index (χ2n) is 6.63. The predicted octanol–water partition coefficient (Wildman–Crippen LogP) is 3.70. The summed E-state index contributed by atoms with van der Waals surface area (Å²) in [5, 5.41) is 6.47. The van der Waals surface area contributed by atoms with Gasteiger partial charge in [0.1, 0.15) is 0 Å². The van der Waals surface area contributed by atoms with Gasteiger partial charge in [0.25, 0.3) is 5.91 Å². The van der Waals surface area contributed by atoms with E-state index in [2.05, 4.69) is 20.6 Å². The van der Waals surface area contributed by atoms with Gasteiger partial charge in [-0.1, -0.05) is 48.2 Å². The number of nitrogens with zero attached hydrogens (tertiary/aromatic N) is 1. The van der Waals surface area contributed by atoms with E-state index in [9.17, 15) is 9.59 Å². The van der Waals surface area contributed by atoms with E-state index >= 15 is 0 Å². The van der Waals surface area contributed by atoms with Crippen LogP contribution in [0.4, 0.5) is 5.69 Å². The molecule has 6 nitrogen and oxygen atoms in total. The third-order valence-electron chi connectivity index (χ3n) is 4.30. The van der Waals surface area contributed by atoms with Crippen LogP contribution in [-0.4, -0.2) is 33.6 Å². The monoisotopic (exact) mass is 392 g/mol. The van der Waals surface area contributed by atoms with Crippen LogP contribution in [0.5, 0.6) is 0 Å². The highest BCUT2D eigenvalue weighted by molar-refractivity contribution is 7.99. The normalized spacial score (nSPS) is 13.1. The summed E-state index contributed by atoms with van der Waals surface area (Å²) >= 11 is 1.33. The summed E-state index contributed by atoms with van der Waals surface area (Å²) in [4.78, 5) is 31.9. The maximum absolute atomic E-state index is 12.3. The van der Waals surface area contributed by atoms with Crippen molar-refractivity contribution >= 4 is 29.3 Å². The number of carbonyl (C=O) groups is 2. The number of nitrogens with one attached hydrogen (secondary N) is 3. The molecule has 0 aliphatic heterocycles. The lowest BCUT2D eigenvalue weighted by atomic mass is 10.2. The zero-order chi connectivity index (χ0) is 19.3. The number of carbonyl (C=O) groups excluding carboxylic acids is 2. The van der Waals surface area contributed by atoms with Gasteiger partial charge in [-0.25, -0.2) is 4.98 Å². The molecule has 2 aromatic carbocycles. The summed E-state index contributed by atoms with van der Waals surface area (Å²) in [5.41, 5.74) is 3.12. The minimum atomic E-state index is -0.151. The summed E-state index contributed by atoms with van der Waals surface area (Å²) in [6.07, 6.45) is 3.84. The number of anilines is 1. The first-order valence-corrected chi connectivity index (χ1v) is 10.1. The number of benzene rings is 2. The molecule has 7 heteroatoms. The summed E-state index contributed by atoms with van der Waals surface area (Å²) < 4.78 is 0. The molecular weight excluding hydrogens is 372 g/mol. The number of aromatic amines is 1. The molecule has 2 amide bonds. The van der Waals surface area contributed by atoms with Gasteiger partial charge in [0.15, 0.2) is 5.16 Å². The van der Waals surface area contributed by atoms with E-state index in [1.54, 1.807) is 30.5 Å². The maximum atomic E-state index is 12.3. The molecule has 0 radical (unpaired) electrons. The molecule has 0 saturated heterocycles. The first-order chi connectivity index (χ1) is 13.7. The Morgan fingerprint density at radius 2 is 1.93 bits per heavy atom. The van der Waals surface area contributed by atoms with Crippen LogP contribution in [0.3, 0.4) is 0 Å². The van der Waals surface area contributed by atoms with Crippen molar-refractivity contribution < 1.29 is 9.59 Å². The van der Waals surface area contributed by atoms with Gasteiger partial charge in [0.05, 0.1) is 17.6 Å². The zero-order valence-corrected chi connectivity index (χ0v) is 16.0. The molecule has 1 heterocycles. The van der Waals surface area contributed by atoms with Crippen LogP contribution in [0, 0.1) is 0 Å². The molecule has 0 spiro atoms. The van der Waals surface area contributed by atoms with Crippen molar-refractivity contribution in [2.45, 2.75) is 24.0 Å². The van der Waals surface area contributed by atoms with E-state index in [4.69, 9.17) is 0 Å². The first-order valence-electron chi connectivity index (χ1n) is 9.11. The molecule has 1 saturated carbocycles. The molecule has 3 N–H and O–H groups in total. The molecule has 3 aromatic rings. The number of H-pyrrole nitrogens is 1. The molecule has 1 aliphatic rings. The van der Waals surface area contributed by atoms with Gasteiger partial charge in [0.2, 0.25) is 5.91 Å². The molecule has 142 valence electrons. The Morgan fingerprint density at radius 3 is 2.71 bits per heavy atom. The summed E-state index contributed by atoms with van der Waals surface area (Å²) in [5.74, 6) is -0.0281. The van der Waals surface area contributed by atoms with E-state index in [-0.39, 0.29) is 17.6 Å². The molecule has 0 bridgehead atoms. The van der Waals surface area contributed by atoms with Crippen LogP contribution in [0.2, 0.25) is 0 Å². The number of rotatable bonds is 7. The molecule has 0 atom stereocenters. The average Bonchev–Trinajstić information content (AvgIpc) is 3.40. The minimum absolute atomic E-state index is 0.1000. The maximum Gasteiger partial charge on any atom is 0.251 e. The van der Waals surface area contributed by atoms with Crippen LogP contribution in [0.15, 0.2) is 66.0 Å². The topological polar surface area (TPSA) is 86.9 Å². The highest BCUT2D eigenvalue weighted by Crippen LogP contribution is 2.22. The second-order valence-corrected chi connectivity index (χ2v) is 7.60. The van der Waals surface area contributed by atoms with Crippen molar-refractivity contribution in [1.29, 1.82) is 0 Å². The van der Waals surface area contributed by atoms with Crippen LogP contribution >= 0.6 is 11.8 Å². The molecule has 28 heavy (non-hydrogen) atoms. The molecule has 1 aliphatic carbocycles. The van der Waals surface area contributed by atoms with E-state index in [1.165, 1.54) is 11.8 Å². The van der Waals surface area contributed by atoms with Gasteiger partial charge in [-0.3, -0.25) is 9.59 Å². The van der Waals surface area contributed by atoms with E-state index in [0.29, 0.717) is 22.4 Å². The Labute approximate surface area is 167 Å². The Hall–Kier alpha value is -3.06. The van der Waals surface area contributed by atoms with Crippen molar-refractivity contribution in [2.75, 3.05) is 11.1 Å². The van der Waals surface area contributed by atoms with Gasteiger partial charge < -0.3 is 15.6 Å². The van der Waals surface area contributed by atoms with Crippen LogP contribution in [0.1, 0.15) is 23.2 Å². The Bertz CT molecular complexity index is 983. The molecule has 4 rings (SSSR count). The van der Waals surface area contributed by atoms with E-state index in [0.717, 1.165) is 24.1 Å². The number of aromatic nitrogens is 2. The zero-order valence-electron chi connectivity index (χ0n) is 15.1. The largest absolute Gasteiger partial charge is 0.349 e. The first kappa shape index (κ1) is 18.3. The predicted molar refractivity (Wildman–Crippen MR) is 110 cm³/mol. The molecule has 1 aromatic heterocycles. The number of imidazole rings is 1. The fraction of sp³-hybridized carbons (Fsp3) is 0.190. The summed E-state index contributed by atoms with van der Waals surface area (Å²) in [6.45, 7) is 0. The standard InChI is InChI=1S/C21H20N4O2S/c26-19(13-28-21-22-12-18(25-21)14-5-2-1-3-6-14)23-17-8-4-7-15(11-17)20(27)24-16-9-10-16/h1-8,11-12,16H,9-10,13H2,(H,22,25)(H,23,26)(H,24,27). The Balaban J connectivity index is 1.31. The van der Waals surface area contributed by atoms with E-state index < -0.39 is 0 Å². The Morgan fingerprint density at radius 1 is 1.11 bits per heavy atom. The lowest BCUT2D eigenvalue weighted by Gasteiger charge is -2.07. The van der Waals surface area contributed by atoms with Crippen molar-refractivity contribution in [1.82, 2.24) is 15.3 Å². The third kappa shape index (κ3) is 4.80. The van der Waals surface area contributed by atoms with Crippen molar-refractivity contribution in [3.63, 3.8) is 0 Å². The number of thioether (sulfide) groups is 1. The molecule has 1 fully saturated rings. The Kier molecular flexibility index (Phi) is 5.43. The van der Waals surface area contributed by atoms with Crippen LogP contribution in [0.25, 0.3) is 11.3 Å². The summed E-state index contributed by atoms with van der Waals surface area (Å²) in [6, 6.07) is 17.2. The molecular formula is C21H20N4O2S. The third-order valence-corrected chi connectivity index (χ3v) is 5.19. The SMILES string of the molecule is O=C(CSc1ncc(-c2ccccc2)[nH]1)Nc1cccc(C(=O)NC2CC2)c1. The van der Waals surface area contributed by atoms with Crippen LogP contribution in [-0.2, 0) is 4.79 Å². The fourth-order valence-electron chi connectivity index (χ4n) is 2.71. The minimum Gasteiger partial charge on any atom is -0.349 e. The summed E-state index contributed by atoms with van der Waals surface area (Å²) in [7, 11) is 0. The van der Waals surface area contributed by atoms with Crippen molar-refractivity contribution in [3.05, 3.63) is 66.4 Å². The smallest absolute Gasteiger partial charge is 0.251 e. The van der Waals surface area contributed by atoms with E-state index in [1.807, 2.05) is 30.3 Å².